The zero-order valence-electron chi connectivity index (χ0n) is 17.8. The molecule has 3 aromatic rings. The van der Waals surface area contributed by atoms with E-state index in [9.17, 15) is 4.79 Å². The second-order valence-electron chi connectivity index (χ2n) is 8.36. The standard InChI is InChI=1S/C26H29N3O2/c1-18(21-10-5-7-19(13-21)14-25(30)31)16-29-26(20-8-3-2-4-9-20)22-15-24-23(28-17-22)11-6-12-27-24/h2-13,18,22,26,28-29H,14-17H2,1H3,(H,30,31)/t18-,22+,26-/m1/s1. The Hall–Kier alpha value is -3.18. The summed E-state index contributed by atoms with van der Waals surface area (Å²) in [5, 5.41) is 16.4. The lowest BCUT2D eigenvalue weighted by atomic mass is 9.86. The molecule has 2 aromatic carbocycles. The fraction of sp³-hybridized carbons (Fsp3) is 0.308. The topological polar surface area (TPSA) is 74.2 Å². The number of hydrogen-bond acceptors (Lipinski definition) is 4. The smallest absolute Gasteiger partial charge is 0.307 e. The van der Waals surface area contributed by atoms with Gasteiger partial charge in [-0.2, -0.15) is 0 Å². The van der Waals surface area contributed by atoms with Crippen LogP contribution in [0.5, 0.6) is 0 Å². The van der Waals surface area contributed by atoms with Gasteiger partial charge in [0, 0.05) is 31.2 Å². The van der Waals surface area contributed by atoms with Gasteiger partial charge in [0.15, 0.2) is 0 Å². The van der Waals surface area contributed by atoms with Gasteiger partial charge in [-0.05, 0) is 41.2 Å². The summed E-state index contributed by atoms with van der Waals surface area (Å²) < 4.78 is 0. The van der Waals surface area contributed by atoms with E-state index in [1.54, 1.807) is 0 Å². The number of aromatic nitrogens is 1. The summed E-state index contributed by atoms with van der Waals surface area (Å²) in [4.78, 5) is 15.6. The maximum Gasteiger partial charge on any atom is 0.307 e. The highest BCUT2D eigenvalue weighted by Crippen LogP contribution is 2.31. The van der Waals surface area contributed by atoms with Gasteiger partial charge in [0.2, 0.25) is 0 Å². The Bertz CT molecular complexity index is 1020. The third-order valence-electron chi connectivity index (χ3n) is 6.05. The van der Waals surface area contributed by atoms with Crippen LogP contribution < -0.4 is 10.6 Å². The number of fused-ring (bicyclic) bond motifs is 1. The van der Waals surface area contributed by atoms with E-state index in [0.29, 0.717) is 5.92 Å². The molecule has 0 bridgehead atoms. The summed E-state index contributed by atoms with van der Waals surface area (Å²) in [6, 6.07) is 22.8. The van der Waals surface area contributed by atoms with Crippen LogP contribution in [0, 0.1) is 5.92 Å². The van der Waals surface area contributed by atoms with Crippen molar-refractivity contribution in [2.24, 2.45) is 5.92 Å². The summed E-state index contributed by atoms with van der Waals surface area (Å²) in [5.41, 5.74) is 5.54. The molecule has 0 radical (unpaired) electrons. The number of carbonyl (C=O) groups is 1. The molecule has 0 amide bonds. The summed E-state index contributed by atoms with van der Waals surface area (Å²) in [7, 11) is 0. The van der Waals surface area contributed by atoms with E-state index in [0.717, 1.165) is 42.0 Å². The van der Waals surface area contributed by atoms with Crippen molar-refractivity contribution in [1.29, 1.82) is 0 Å². The number of nitrogens with zero attached hydrogens (tertiary/aromatic N) is 1. The number of carboxylic acids is 1. The van der Waals surface area contributed by atoms with Crippen molar-refractivity contribution < 1.29 is 9.90 Å². The van der Waals surface area contributed by atoms with E-state index in [2.05, 4.69) is 58.9 Å². The molecule has 0 saturated heterocycles. The molecule has 1 aromatic heterocycles. The fourth-order valence-corrected chi connectivity index (χ4v) is 4.38. The lowest BCUT2D eigenvalue weighted by Gasteiger charge is -2.33. The van der Waals surface area contributed by atoms with Crippen LogP contribution in [0.1, 0.15) is 41.3 Å². The Morgan fingerprint density at radius 2 is 1.94 bits per heavy atom. The van der Waals surface area contributed by atoms with E-state index in [1.165, 1.54) is 5.56 Å². The summed E-state index contributed by atoms with van der Waals surface area (Å²) in [5.74, 6) is -0.150. The highest BCUT2D eigenvalue weighted by molar-refractivity contribution is 5.70. The van der Waals surface area contributed by atoms with E-state index in [1.807, 2.05) is 36.5 Å². The van der Waals surface area contributed by atoms with Crippen molar-refractivity contribution in [2.45, 2.75) is 31.7 Å². The van der Waals surface area contributed by atoms with Crippen molar-refractivity contribution in [3.63, 3.8) is 0 Å². The molecular formula is C26H29N3O2. The number of aliphatic carboxylic acids is 1. The summed E-state index contributed by atoms with van der Waals surface area (Å²) in [6.45, 7) is 3.89. The van der Waals surface area contributed by atoms with Crippen LogP contribution in [0.4, 0.5) is 5.69 Å². The summed E-state index contributed by atoms with van der Waals surface area (Å²) >= 11 is 0. The Kier molecular flexibility index (Phi) is 6.63. The number of carboxylic acid groups (broad SMARTS) is 1. The number of hydrogen-bond donors (Lipinski definition) is 3. The predicted octanol–water partition coefficient (Wildman–Crippen LogP) is 4.43. The SMILES string of the molecule is C[C@H](CN[C@H](c1ccccc1)[C@@H]1CNc2cccnc2C1)c1cccc(CC(=O)O)c1. The maximum atomic E-state index is 11.1. The van der Waals surface area contributed by atoms with Crippen molar-refractivity contribution >= 4 is 11.7 Å². The normalized spacial score (nSPS) is 17.3. The molecule has 3 N–H and O–H groups in total. The van der Waals surface area contributed by atoms with Crippen LogP contribution >= 0.6 is 0 Å². The van der Waals surface area contributed by atoms with E-state index >= 15 is 0 Å². The van der Waals surface area contributed by atoms with Gasteiger partial charge >= 0.3 is 5.97 Å². The molecule has 0 fully saturated rings. The van der Waals surface area contributed by atoms with Gasteiger partial charge in [-0.25, -0.2) is 0 Å². The monoisotopic (exact) mass is 415 g/mol. The Morgan fingerprint density at radius 1 is 1.13 bits per heavy atom. The first kappa shape index (κ1) is 21.1. The fourth-order valence-electron chi connectivity index (χ4n) is 4.38. The lowest BCUT2D eigenvalue weighted by Crippen LogP contribution is -2.37. The highest BCUT2D eigenvalue weighted by atomic mass is 16.4. The molecule has 3 atom stereocenters. The van der Waals surface area contributed by atoms with Gasteiger partial charge in [0.1, 0.15) is 0 Å². The Labute approximate surface area is 183 Å². The first-order valence-electron chi connectivity index (χ1n) is 10.9. The van der Waals surface area contributed by atoms with Gasteiger partial charge in [-0.1, -0.05) is 61.5 Å². The van der Waals surface area contributed by atoms with Crippen molar-refractivity contribution in [3.05, 3.63) is 95.3 Å². The minimum absolute atomic E-state index is 0.0563. The number of rotatable bonds is 8. The summed E-state index contributed by atoms with van der Waals surface area (Å²) in [6.07, 6.45) is 2.85. The van der Waals surface area contributed by atoms with Crippen molar-refractivity contribution in [3.8, 4) is 0 Å². The van der Waals surface area contributed by atoms with E-state index < -0.39 is 5.97 Å². The average molecular weight is 416 g/mol. The number of nitrogens with one attached hydrogen (secondary N) is 2. The molecule has 4 rings (SSSR count). The van der Waals surface area contributed by atoms with Gasteiger partial charge in [0.05, 0.1) is 17.8 Å². The molecule has 0 unspecified atom stereocenters. The molecule has 0 saturated carbocycles. The second kappa shape index (κ2) is 9.75. The average Bonchev–Trinajstić information content (AvgIpc) is 2.79. The highest BCUT2D eigenvalue weighted by Gasteiger charge is 2.28. The van der Waals surface area contributed by atoms with Crippen LogP contribution in [0.2, 0.25) is 0 Å². The number of benzene rings is 2. The van der Waals surface area contributed by atoms with Gasteiger partial charge in [-0.15, -0.1) is 0 Å². The molecular weight excluding hydrogens is 386 g/mol. The van der Waals surface area contributed by atoms with Crippen LogP contribution in [0.25, 0.3) is 0 Å². The number of anilines is 1. The third kappa shape index (κ3) is 5.30. The molecule has 1 aliphatic heterocycles. The molecule has 160 valence electrons. The molecule has 5 heteroatoms. The predicted molar refractivity (Wildman–Crippen MR) is 123 cm³/mol. The zero-order valence-corrected chi connectivity index (χ0v) is 17.8. The Balaban J connectivity index is 1.49. The minimum atomic E-state index is -0.800. The van der Waals surface area contributed by atoms with Crippen molar-refractivity contribution in [1.82, 2.24) is 10.3 Å². The van der Waals surface area contributed by atoms with E-state index in [4.69, 9.17) is 5.11 Å². The van der Waals surface area contributed by atoms with Crippen LogP contribution in [0.15, 0.2) is 72.9 Å². The van der Waals surface area contributed by atoms with Gasteiger partial charge in [-0.3, -0.25) is 9.78 Å². The van der Waals surface area contributed by atoms with Gasteiger partial charge < -0.3 is 15.7 Å². The van der Waals surface area contributed by atoms with Crippen LogP contribution in [0.3, 0.4) is 0 Å². The number of pyridine rings is 1. The molecule has 31 heavy (non-hydrogen) atoms. The van der Waals surface area contributed by atoms with E-state index in [-0.39, 0.29) is 18.4 Å². The van der Waals surface area contributed by atoms with Crippen molar-refractivity contribution in [2.75, 3.05) is 18.4 Å². The Morgan fingerprint density at radius 3 is 2.74 bits per heavy atom. The first-order valence-corrected chi connectivity index (χ1v) is 10.9. The molecule has 5 nitrogen and oxygen atoms in total. The van der Waals surface area contributed by atoms with Crippen LogP contribution in [-0.2, 0) is 17.6 Å². The molecule has 1 aliphatic rings. The first-order chi connectivity index (χ1) is 15.1. The lowest BCUT2D eigenvalue weighted by molar-refractivity contribution is -0.136. The minimum Gasteiger partial charge on any atom is -0.481 e. The molecule has 0 spiro atoms. The third-order valence-corrected chi connectivity index (χ3v) is 6.05. The quantitative estimate of drug-likeness (QED) is 0.508. The van der Waals surface area contributed by atoms with Gasteiger partial charge in [0.25, 0.3) is 0 Å². The maximum absolute atomic E-state index is 11.1. The molecule has 2 heterocycles. The second-order valence-corrected chi connectivity index (χ2v) is 8.36. The van der Waals surface area contributed by atoms with Crippen LogP contribution in [-0.4, -0.2) is 29.1 Å². The molecule has 0 aliphatic carbocycles. The zero-order chi connectivity index (χ0) is 21.6. The largest absolute Gasteiger partial charge is 0.481 e.